The monoisotopic (exact) mass is 428 g/mol. The van der Waals surface area contributed by atoms with Crippen molar-refractivity contribution in [1.82, 2.24) is 10.5 Å². The largest absolute Gasteiger partial charge is 0.497 e. The fourth-order valence-electron chi connectivity index (χ4n) is 3.45. The van der Waals surface area contributed by atoms with Gasteiger partial charge in [0.2, 0.25) is 5.91 Å². The third-order valence-electron chi connectivity index (χ3n) is 5.16. The molecule has 1 N–H and O–H groups in total. The third-order valence-corrected chi connectivity index (χ3v) is 5.16. The lowest BCUT2D eigenvalue weighted by atomic mass is 9.98. The molecule has 4 rings (SSSR count). The second-order valence-electron chi connectivity index (χ2n) is 7.23. The van der Waals surface area contributed by atoms with Crippen LogP contribution in [0.2, 0.25) is 0 Å². The summed E-state index contributed by atoms with van der Waals surface area (Å²) in [4.78, 5) is 12.7. The lowest BCUT2D eigenvalue weighted by molar-refractivity contribution is -0.120. The number of methoxy groups -OCH3 is 2. The molecule has 3 aromatic carbocycles. The van der Waals surface area contributed by atoms with Crippen LogP contribution < -0.4 is 14.8 Å². The molecule has 0 aliphatic rings. The minimum absolute atomic E-state index is 0.0807. The van der Waals surface area contributed by atoms with Crippen molar-refractivity contribution in [2.24, 2.45) is 0 Å². The summed E-state index contributed by atoms with van der Waals surface area (Å²) in [6.07, 6.45) is 0.0807. The van der Waals surface area contributed by atoms with E-state index in [0.717, 1.165) is 33.8 Å². The number of carbonyl (C=O) groups excluding carboxylic acids is 1. The maximum atomic E-state index is 12.7. The number of hydrogen-bond donors (Lipinski definition) is 1. The summed E-state index contributed by atoms with van der Waals surface area (Å²) in [6, 6.07) is 25.0. The Morgan fingerprint density at radius 2 is 1.44 bits per heavy atom. The summed E-state index contributed by atoms with van der Waals surface area (Å²) in [5.74, 6) is 1.87. The second kappa shape index (κ2) is 9.83. The van der Waals surface area contributed by atoms with E-state index in [-0.39, 0.29) is 12.3 Å². The SMILES string of the molecule is COc1ccc(-c2noc(CC(=O)NCc3ccccc3)c2-c2ccc(OC)cc2)cc1. The van der Waals surface area contributed by atoms with Crippen LogP contribution in [-0.2, 0) is 17.8 Å². The molecule has 1 heterocycles. The van der Waals surface area contributed by atoms with Gasteiger partial charge in [0.05, 0.1) is 26.2 Å². The first-order valence-corrected chi connectivity index (χ1v) is 10.3. The van der Waals surface area contributed by atoms with Crippen LogP contribution in [0.25, 0.3) is 22.4 Å². The predicted octanol–water partition coefficient (Wildman–Crippen LogP) is 4.88. The molecule has 162 valence electrons. The summed E-state index contributed by atoms with van der Waals surface area (Å²) in [5, 5.41) is 7.25. The van der Waals surface area contributed by atoms with E-state index in [0.29, 0.717) is 18.0 Å². The maximum absolute atomic E-state index is 12.7. The van der Waals surface area contributed by atoms with Gasteiger partial charge in [0, 0.05) is 12.1 Å². The number of benzene rings is 3. The molecular weight excluding hydrogens is 404 g/mol. The van der Waals surface area contributed by atoms with Crippen molar-refractivity contribution in [3.8, 4) is 33.9 Å². The number of amides is 1. The van der Waals surface area contributed by atoms with E-state index in [2.05, 4.69) is 10.5 Å². The molecule has 0 saturated carbocycles. The van der Waals surface area contributed by atoms with Gasteiger partial charge in [-0.2, -0.15) is 0 Å². The van der Waals surface area contributed by atoms with Crippen molar-refractivity contribution in [3.63, 3.8) is 0 Å². The van der Waals surface area contributed by atoms with Gasteiger partial charge in [-0.15, -0.1) is 0 Å². The van der Waals surface area contributed by atoms with Gasteiger partial charge < -0.3 is 19.3 Å². The maximum Gasteiger partial charge on any atom is 0.228 e. The first-order valence-electron chi connectivity index (χ1n) is 10.3. The normalized spacial score (nSPS) is 10.6. The lowest BCUT2D eigenvalue weighted by Crippen LogP contribution is -2.24. The van der Waals surface area contributed by atoms with Crippen molar-refractivity contribution in [3.05, 3.63) is 90.2 Å². The summed E-state index contributed by atoms with van der Waals surface area (Å²) in [6.45, 7) is 0.455. The van der Waals surface area contributed by atoms with E-state index in [1.54, 1.807) is 14.2 Å². The Kier molecular flexibility index (Phi) is 6.51. The Balaban J connectivity index is 1.63. The zero-order valence-corrected chi connectivity index (χ0v) is 18.0. The zero-order chi connectivity index (χ0) is 22.3. The van der Waals surface area contributed by atoms with Gasteiger partial charge in [-0.3, -0.25) is 4.79 Å². The second-order valence-corrected chi connectivity index (χ2v) is 7.23. The Morgan fingerprint density at radius 1 is 0.844 bits per heavy atom. The van der Waals surface area contributed by atoms with Gasteiger partial charge in [0.15, 0.2) is 5.76 Å². The smallest absolute Gasteiger partial charge is 0.228 e. The molecular formula is C26H24N2O4. The topological polar surface area (TPSA) is 73.6 Å². The van der Waals surface area contributed by atoms with Crippen molar-refractivity contribution in [2.45, 2.75) is 13.0 Å². The number of rotatable bonds is 8. The first kappa shape index (κ1) is 21.2. The molecule has 0 aliphatic carbocycles. The molecule has 6 nitrogen and oxygen atoms in total. The molecule has 0 fully saturated rings. The van der Waals surface area contributed by atoms with Crippen LogP contribution in [0.15, 0.2) is 83.4 Å². The molecule has 6 heteroatoms. The molecule has 0 atom stereocenters. The van der Waals surface area contributed by atoms with Crippen LogP contribution in [0, 0.1) is 0 Å². The molecule has 1 aromatic heterocycles. The molecule has 0 saturated heterocycles. The van der Waals surface area contributed by atoms with Gasteiger partial charge in [-0.05, 0) is 47.5 Å². The van der Waals surface area contributed by atoms with Gasteiger partial charge in [0.1, 0.15) is 17.2 Å². The van der Waals surface area contributed by atoms with Crippen LogP contribution in [-0.4, -0.2) is 25.3 Å². The predicted molar refractivity (Wildman–Crippen MR) is 122 cm³/mol. The highest BCUT2D eigenvalue weighted by atomic mass is 16.5. The summed E-state index contributed by atoms with van der Waals surface area (Å²) >= 11 is 0. The van der Waals surface area contributed by atoms with Crippen LogP contribution in [0.3, 0.4) is 0 Å². The molecule has 0 spiro atoms. The fraction of sp³-hybridized carbons (Fsp3) is 0.154. The van der Waals surface area contributed by atoms with E-state index in [1.165, 1.54) is 0 Å². The molecule has 4 aromatic rings. The van der Waals surface area contributed by atoms with Crippen LogP contribution >= 0.6 is 0 Å². The summed E-state index contributed by atoms with van der Waals surface area (Å²) < 4.78 is 16.2. The number of aromatic nitrogens is 1. The van der Waals surface area contributed by atoms with Gasteiger partial charge in [-0.1, -0.05) is 47.6 Å². The van der Waals surface area contributed by atoms with Crippen molar-refractivity contribution in [1.29, 1.82) is 0 Å². The number of hydrogen-bond acceptors (Lipinski definition) is 5. The number of ether oxygens (including phenoxy) is 2. The highest BCUT2D eigenvalue weighted by Crippen LogP contribution is 2.36. The quantitative estimate of drug-likeness (QED) is 0.433. The van der Waals surface area contributed by atoms with Gasteiger partial charge in [0.25, 0.3) is 0 Å². The lowest BCUT2D eigenvalue weighted by Gasteiger charge is -2.08. The average molecular weight is 428 g/mol. The molecule has 32 heavy (non-hydrogen) atoms. The molecule has 0 radical (unpaired) electrons. The molecule has 0 bridgehead atoms. The molecule has 1 amide bonds. The minimum Gasteiger partial charge on any atom is -0.497 e. The molecule has 0 unspecified atom stereocenters. The van der Waals surface area contributed by atoms with Crippen LogP contribution in [0.4, 0.5) is 0 Å². The van der Waals surface area contributed by atoms with E-state index >= 15 is 0 Å². The Labute approximate surface area is 186 Å². The number of carbonyl (C=O) groups is 1. The average Bonchev–Trinajstić information content (AvgIpc) is 3.26. The van der Waals surface area contributed by atoms with E-state index < -0.39 is 0 Å². The van der Waals surface area contributed by atoms with Crippen LogP contribution in [0.5, 0.6) is 11.5 Å². The third kappa shape index (κ3) is 4.81. The minimum atomic E-state index is -0.138. The van der Waals surface area contributed by atoms with Gasteiger partial charge >= 0.3 is 0 Å². The number of nitrogens with zero attached hydrogens (tertiary/aromatic N) is 1. The molecule has 0 aliphatic heterocycles. The van der Waals surface area contributed by atoms with Crippen molar-refractivity contribution >= 4 is 5.91 Å². The van der Waals surface area contributed by atoms with Crippen LogP contribution in [0.1, 0.15) is 11.3 Å². The fourth-order valence-corrected chi connectivity index (χ4v) is 3.45. The Bertz CT molecular complexity index is 1170. The van der Waals surface area contributed by atoms with Gasteiger partial charge in [-0.25, -0.2) is 0 Å². The van der Waals surface area contributed by atoms with E-state index in [9.17, 15) is 4.79 Å². The van der Waals surface area contributed by atoms with Crippen molar-refractivity contribution < 1.29 is 18.8 Å². The van der Waals surface area contributed by atoms with E-state index in [4.69, 9.17) is 14.0 Å². The zero-order valence-electron chi connectivity index (χ0n) is 18.0. The highest BCUT2D eigenvalue weighted by Gasteiger charge is 2.21. The van der Waals surface area contributed by atoms with Crippen molar-refractivity contribution in [2.75, 3.05) is 14.2 Å². The Morgan fingerprint density at radius 3 is 2.03 bits per heavy atom. The first-order chi connectivity index (χ1) is 15.7. The van der Waals surface area contributed by atoms with E-state index in [1.807, 2.05) is 78.9 Å². The highest BCUT2D eigenvalue weighted by molar-refractivity contribution is 5.86. The Hall–Kier alpha value is -4.06. The standard InChI is InChI=1S/C26H24N2O4/c1-30-21-12-8-19(9-13-21)25-23(16-24(29)27-17-18-6-4-3-5-7-18)32-28-26(25)20-10-14-22(31-2)15-11-20/h3-15H,16-17H2,1-2H3,(H,27,29). The summed E-state index contributed by atoms with van der Waals surface area (Å²) in [7, 11) is 3.25. The summed E-state index contributed by atoms with van der Waals surface area (Å²) in [5.41, 5.74) is 4.25. The number of nitrogens with one attached hydrogen (secondary N) is 1.